The molecular weight excluding hydrogens is 194 g/mol. The quantitative estimate of drug-likeness (QED) is 0.759. The van der Waals surface area contributed by atoms with Crippen LogP contribution in [-0.2, 0) is 0 Å². The maximum atomic E-state index is 11.8. The first-order valence-corrected chi connectivity index (χ1v) is 5.14. The normalized spacial score (nSPS) is 12.2. The zero-order valence-corrected chi connectivity index (χ0v) is 9.37. The first-order valence-electron chi connectivity index (χ1n) is 4.74. The number of carbonyl (C=O) groups excluding carboxylic acids is 1. The molecule has 0 heterocycles. The molecular formula is C11H15NOS. The molecule has 76 valence electrons. The summed E-state index contributed by atoms with van der Waals surface area (Å²) in [5.74, 6) is -0.0386. The number of benzene rings is 1. The molecule has 1 amide bonds. The smallest absolute Gasteiger partial charge is 0.263 e. The summed E-state index contributed by atoms with van der Waals surface area (Å²) in [6.45, 7) is 4.01. The molecule has 0 fully saturated rings. The van der Waals surface area contributed by atoms with Gasteiger partial charge in [-0.05, 0) is 25.5 Å². The van der Waals surface area contributed by atoms with Crippen molar-refractivity contribution in [3.63, 3.8) is 0 Å². The number of hydrogen-bond donors (Lipinski definition) is 1. The van der Waals surface area contributed by atoms with Crippen molar-refractivity contribution >= 4 is 18.7 Å². The van der Waals surface area contributed by atoms with Crippen LogP contribution in [0.3, 0.4) is 0 Å². The van der Waals surface area contributed by atoms with Crippen LogP contribution in [-0.4, -0.2) is 16.3 Å². The molecule has 1 aromatic rings. The molecule has 2 nitrogen and oxygen atoms in total. The fourth-order valence-electron chi connectivity index (χ4n) is 1.09. The average molecular weight is 209 g/mol. The van der Waals surface area contributed by atoms with Gasteiger partial charge in [-0.1, -0.05) is 37.9 Å². The van der Waals surface area contributed by atoms with Gasteiger partial charge in [0, 0.05) is 11.6 Å². The molecule has 1 rings (SSSR count). The van der Waals surface area contributed by atoms with Crippen molar-refractivity contribution in [2.75, 3.05) is 0 Å². The molecule has 0 saturated heterocycles. The van der Waals surface area contributed by atoms with Crippen LogP contribution in [0.25, 0.3) is 0 Å². The van der Waals surface area contributed by atoms with E-state index in [1.54, 1.807) is 12.1 Å². The van der Waals surface area contributed by atoms with E-state index in [-0.39, 0.29) is 11.9 Å². The van der Waals surface area contributed by atoms with E-state index in [0.717, 1.165) is 6.42 Å². The maximum absolute atomic E-state index is 11.8. The summed E-state index contributed by atoms with van der Waals surface area (Å²) in [6, 6.07) is 9.35. The standard InChI is InChI=1S/C11H15NOS/c1-3-9(2)12(14)11(13)10-7-5-4-6-8-10/h4-9,14H,3H2,1-2H3. The van der Waals surface area contributed by atoms with Crippen LogP contribution in [0.2, 0.25) is 0 Å². The minimum atomic E-state index is -0.0386. The van der Waals surface area contributed by atoms with Crippen molar-refractivity contribution in [2.45, 2.75) is 26.3 Å². The van der Waals surface area contributed by atoms with Crippen LogP contribution in [0, 0.1) is 0 Å². The Morgan fingerprint density at radius 3 is 2.50 bits per heavy atom. The van der Waals surface area contributed by atoms with E-state index in [0.29, 0.717) is 5.56 Å². The molecule has 1 atom stereocenters. The Balaban J connectivity index is 2.76. The summed E-state index contributed by atoms with van der Waals surface area (Å²) < 4.78 is 1.48. The Morgan fingerprint density at radius 2 is 2.00 bits per heavy atom. The lowest BCUT2D eigenvalue weighted by atomic mass is 10.2. The molecule has 0 N–H and O–H groups in total. The van der Waals surface area contributed by atoms with E-state index in [1.165, 1.54) is 4.31 Å². The second-order valence-electron chi connectivity index (χ2n) is 3.27. The van der Waals surface area contributed by atoms with Crippen molar-refractivity contribution in [1.82, 2.24) is 4.31 Å². The van der Waals surface area contributed by atoms with Gasteiger partial charge in [-0.2, -0.15) is 0 Å². The second-order valence-corrected chi connectivity index (χ2v) is 3.70. The highest BCUT2D eigenvalue weighted by molar-refractivity contribution is 7.78. The van der Waals surface area contributed by atoms with Crippen molar-refractivity contribution < 1.29 is 4.79 Å². The fraction of sp³-hybridized carbons (Fsp3) is 0.364. The van der Waals surface area contributed by atoms with Crippen molar-refractivity contribution in [3.05, 3.63) is 35.9 Å². The average Bonchev–Trinajstić information content (AvgIpc) is 2.27. The first-order chi connectivity index (χ1) is 6.66. The van der Waals surface area contributed by atoms with Crippen LogP contribution in [0.15, 0.2) is 30.3 Å². The molecule has 0 aliphatic carbocycles. The summed E-state index contributed by atoms with van der Waals surface area (Å²) in [6.07, 6.45) is 0.905. The molecule has 0 bridgehead atoms. The number of nitrogens with zero attached hydrogens (tertiary/aromatic N) is 1. The summed E-state index contributed by atoms with van der Waals surface area (Å²) >= 11 is 4.20. The van der Waals surface area contributed by atoms with E-state index in [9.17, 15) is 4.79 Å². The molecule has 0 aliphatic rings. The van der Waals surface area contributed by atoms with Crippen molar-refractivity contribution in [2.24, 2.45) is 0 Å². The monoisotopic (exact) mass is 209 g/mol. The number of carbonyl (C=O) groups is 1. The number of hydrogen-bond acceptors (Lipinski definition) is 2. The van der Waals surface area contributed by atoms with Gasteiger partial charge in [0.05, 0.1) is 0 Å². The Labute approximate surface area is 90.5 Å². The largest absolute Gasteiger partial charge is 0.282 e. The van der Waals surface area contributed by atoms with Crippen LogP contribution in [0.1, 0.15) is 30.6 Å². The summed E-state index contributed by atoms with van der Waals surface area (Å²) in [4.78, 5) is 11.8. The molecule has 14 heavy (non-hydrogen) atoms. The van der Waals surface area contributed by atoms with Gasteiger partial charge in [-0.3, -0.25) is 9.10 Å². The third kappa shape index (κ3) is 2.51. The van der Waals surface area contributed by atoms with E-state index >= 15 is 0 Å². The van der Waals surface area contributed by atoms with Gasteiger partial charge in [0.1, 0.15) is 0 Å². The van der Waals surface area contributed by atoms with E-state index in [4.69, 9.17) is 0 Å². The Kier molecular flexibility index (Phi) is 4.01. The predicted molar refractivity (Wildman–Crippen MR) is 61.4 cm³/mol. The zero-order valence-electron chi connectivity index (χ0n) is 8.47. The summed E-state index contributed by atoms with van der Waals surface area (Å²) in [5.41, 5.74) is 0.683. The van der Waals surface area contributed by atoms with E-state index in [1.807, 2.05) is 32.0 Å². The lowest BCUT2D eigenvalue weighted by Crippen LogP contribution is -2.30. The molecule has 0 spiro atoms. The van der Waals surface area contributed by atoms with Gasteiger partial charge >= 0.3 is 0 Å². The lowest BCUT2D eigenvalue weighted by molar-refractivity contribution is 0.0842. The molecule has 0 aromatic heterocycles. The van der Waals surface area contributed by atoms with Crippen LogP contribution >= 0.6 is 12.8 Å². The third-order valence-electron chi connectivity index (χ3n) is 2.24. The Hall–Kier alpha value is -0.960. The number of amides is 1. The zero-order chi connectivity index (χ0) is 10.6. The van der Waals surface area contributed by atoms with E-state index < -0.39 is 0 Å². The molecule has 0 aliphatic heterocycles. The molecule has 1 unspecified atom stereocenters. The van der Waals surface area contributed by atoms with Crippen LogP contribution in [0.5, 0.6) is 0 Å². The first kappa shape index (κ1) is 11.1. The second kappa shape index (κ2) is 5.05. The minimum Gasteiger partial charge on any atom is -0.282 e. The number of thiol groups is 1. The van der Waals surface area contributed by atoms with Gasteiger partial charge in [0.25, 0.3) is 5.91 Å². The maximum Gasteiger partial charge on any atom is 0.263 e. The predicted octanol–water partition coefficient (Wildman–Crippen LogP) is 2.77. The molecule has 0 radical (unpaired) electrons. The van der Waals surface area contributed by atoms with Crippen molar-refractivity contribution in [3.8, 4) is 0 Å². The molecule has 3 heteroatoms. The number of rotatable bonds is 3. The van der Waals surface area contributed by atoms with Gasteiger partial charge in [0.15, 0.2) is 0 Å². The Morgan fingerprint density at radius 1 is 1.43 bits per heavy atom. The lowest BCUT2D eigenvalue weighted by Gasteiger charge is -2.21. The van der Waals surface area contributed by atoms with Gasteiger partial charge in [0.2, 0.25) is 0 Å². The van der Waals surface area contributed by atoms with Gasteiger partial charge in [-0.15, -0.1) is 0 Å². The van der Waals surface area contributed by atoms with Gasteiger partial charge < -0.3 is 0 Å². The van der Waals surface area contributed by atoms with Crippen LogP contribution < -0.4 is 0 Å². The fourth-order valence-corrected chi connectivity index (χ4v) is 1.36. The molecule has 0 saturated carbocycles. The summed E-state index contributed by atoms with van der Waals surface area (Å²) in [5, 5.41) is 0. The highest BCUT2D eigenvalue weighted by Gasteiger charge is 2.16. The van der Waals surface area contributed by atoms with Crippen LogP contribution in [0.4, 0.5) is 0 Å². The topological polar surface area (TPSA) is 20.3 Å². The Bertz CT molecular complexity index is 299. The minimum absolute atomic E-state index is 0.0386. The summed E-state index contributed by atoms with van der Waals surface area (Å²) in [7, 11) is 0. The van der Waals surface area contributed by atoms with E-state index in [2.05, 4.69) is 12.8 Å². The highest BCUT2D eigenvalue weighted by Crippen LogP contribution is 2.12. The molecule has 1 aromatic carbocycles. The van der Waals surface area contributed by atoms with Gasteiger partial charge in [-0.25, -0.2) is 0 Å². The third-order valence-corrected chi connectivity index (χ3v) is 2.81. The SMILES string of the molecule is CCC(C)N(S)C(=O)c1ccccc1. The van der Waals surface area contributed by atoms with Crippen molar-refractivity contribution in [1.29, 1.82) is 0 Å². The highest BCUT2D eigenvalue weighted by atomic mass is 32.1.